The fourth-order valence-electron chi connectivity index (χ4n) is 1.13. The third-order valence-corrected chi connectivity index (χ3v) is 2.05. The Bertz CT molecular complexity index is 229. The summed E-state index contributed by atoms with van der Waals surface area (Å²) in [5, 5.41) is 0. The van der Waals surface area contributed by atoms with Crippen molar-refractivity contribution in [1.29, 1.82) is 0 Å². The molecule has 0 aromatic rings. The van der Waals surface area contributed by atoms with Gasteiger partial charge in [-0.3, -0.25) is 11.3 Å². The first-order valence-corrected chi connectivity index (χ1v) is 6.63. The van der Waals surface area contributed by atoms with Crippen molar-refractivity contribution in [1.82, 2.24) is 5.43 Å². The summed E-state index contributed by atoms with van der Waals surface area (Å²) in [6.45, 7) is 5.61. The molecule has 0 amide bonds. The molecule has 0 radical (unpaired) electrons. The van der Waals surface area contributed by atoms with Gasteiger partial charge in [-0.25, -0.2) is 0 Å². The Morgan fingerprint density at radius 2 is 1.10 bits per heavy atom. The minimum atomic E-state index is 0. The molecule has 0 aliphatic heterocycles. The van der Waals surface area contributed by atoms with Gasteiger partial charge in [0, 0.05) is 6.54 Å². The maximum Gasteiger partial charge on any atom is 1.00 e. The molecule has 0 saturated heterocycles. The van der Waals surface area contributed by atoms with Gasteiger partial charge in [-0.1, -0.05) is 0 Å². The van der Waals surface area contributed by atoms with Crippen LogP contribution in [0.1, 0.15) is 0 Å². The standard InChI is InChI=1S/C13H25N2O5.K/c1-2-4-16-6-8-18-10-12-20-13-11-19-9-7-17-5-3-15-14;/h15H,3-14H2;/q-1;+1. The van der Waals surface area contributed by atoms with Crippen LogP contribution in [0.4, 0.5) is 0 Å². The van der Waals surface area contributed by atoms with E-state index in [9.17, 15) is 0 Å². The number of nitrogens with two attached hydrogens (primary N) is 1. The summed E-state index contributed by atoms with van der Waals surface area (Å²) in [6, 6.07) is 0. The molecule has 0 spiro atoms. The monoisotopic (exact) mass is 328 g/mol. The van der Waals surface area contributed by atoms with Crippen LogP contribution < -0.4 is 62.7 Å². The van der Waals surface area contributed by atoms with Crippen LogP contribution in [0.3, 0.4) is 0 Å². The van der Waals surface area contributed by atoms with Crippen molar-refractivity contribution >= 4 is 0 Å². The maximum absolute atomic E-state index is 6.62. The molecule has 0 aliphatic carbocycles. The molecule has 8 heteroatoms. The Hall–Kier alpha value is 0.916. The maximum atomic E-state index is 6.62. The third-order valence-electron chi connectivity index (χ3n) is 2.05. The molecule has 0 aromatic heterocycles. The Morgan fingerprint density at radius 3 is 1.48 bits per heavy atom. The third kappa shape index (κ3) is 23.3. The molecular formula is C13H25KN2O5. The molecule has 0 rings (SSSR count). The summed E-state index contributed by atoms with van der Waals surface area (Å²) in [5.41, 5.74) is 2.50. The minimum Gasteiger partial charge on any atom is -0.691 e. The van der Waals surface area contributed by atoms with Gasteiger partial charge < -0.3 is 36.0 Å². The molecule has 21 heavy (non-hydrogen) atoms. The molecule has 0 fully saturated rings. The first-order valence-electron chi connectivity index (χ1n) is 6.63. The summed E-state index contributed by atoms with van der Waals surface area (Å²) in [7, 11) is 0. The van der Waals surface area contributed by atoms with Gasteiger partial charge in [-0.15, -0.1) is 0 Å². The van der Waals surface area contributed by atoms with Crippen LogP contribution in [-0.2, 0) is 23.7 Å². The van der Waals surface area contributed by atoms with Crippen molar-refractivity contribution in [2.24, 2.45) is 5.84 Å². The van der Waals surface area contributed by atoms with E-state index in [1.54, 1.807) is 0 Å². The van der Waals surface area contributed by atoms with Crippen LogP contribution in [0.15, 0.2) is 0 Å². The Labute approximate surface area is 169 Å². The van der Waals surface area contributed by atoms with Gasteiger partial charge in [0.05, 0.1) is 66.1 Å². The summed E-state index contributed by atoms with van der Waals surface area (Å²) in [4.78, 5) is 0. The molecule has 0 bridgehead atoms. The number of rotatable bonds is 16. The van der Waals surface area contributed by atoms with Crippen LogP contribution in [-0.4, -0.2) is 72.6 Å². The zero-order valence-corrected chi connectivity index (χ0v) is 16.0. The molecule has 0 heterocycles. The van der Waals surface area contributed by atoms with Gasteiger partial charge in [0.15, 0.2) is 0 Å². The van der Waals surface area contributed by atoms with Crippen molar-refractivity contribution in [2.45, 2.75) is 0 Å². The predicted octanol–water partition coefficient (Wildman–Crippen LogP) is -3.87. The average Bonchev–Trinajstić information content (AvgIpc) is 2.47. The topological polar surface area (TPSA) is 84.2 Å². The quantitative estimate of drug-likeness (QED) is 0.0749. The summed E-state index contributed by atoms with van der Waals surface area (Å²) in [5.74, 6) is 7.22. The van der Waals surface area contributed by atoms with Gasteiger partial charge in [-0.2, -0.15) is 0 Å². The number of hydrogen-bond donors (Lipinski definition) is 2. The van der Waals surface area contributed by atoms with Crippen LogP contribution in [0, 0.1) is 12.3 Å². The van der Waals surface area contributed by atoms with E-state index in [0.29, 0.717) is 66.0 Å². The van der Waals surface area contributed by atoms with E-state index in [1.165, 1.54) is 0 Å². The second kappa shape index (κ2) is 23.2. The molecule has 118 valence electrons. The Kier molecular flexibility index (Phi) is 26.7. The van der Waals surface area contributed by atoms with Crippen molar-refractivity contribution < 1.29 is 75.1 Å². The van der Waals surface area contributed by atoms with E-state index < -0.39 is 0 Å². The molecule has 3 N–H and O–H groups in total. The molecule has 0 unspecified atom stereocenters. The molecule has 0 atom stereocenters. The summed E-state index contributed by atoms with van der Waals surface area (Å²) < 4.78 is 26.1. The number of hydrazine groups is 1. The van der Waals surface area contributed by atoms with E-state index in [4.69, 9.17) is 36.0 Å². The van der Waals surface area contributed by atoms with Gasteiger partial charge in [0.25, 0.3) is 0 Å². The SMILES string of the molecule is [C-]#CCOCCOCCOCCOCCOCCNN.[K+]. The number of hydrogen-bond acceptors (Lipinski definition) is 7. The number of nitrogens with one attached hydrogen (secondary N) is 1. The smallest absolute Gasteiger partial charge is 0.691 e. The normalized spacial score (nSPS) is 10.1. The molecular weight excluding hydrogens is 303 g/mol. The predicted molar refractivity (Wildman–Crippen MR) is 73.4 cm³/mol. The second-order valence-electron chi connectivity index (χ2n) is 3.63. The molecule has 7 nitrogen and oxygen atoms in total. The van der Waals surface area contributed by atoms with Crippen LogP contribution in [0.2, 0.25) is 0 Å². The molecule has 0 aromatic carbocycles. The average molecular weight is 328 g/mol. The Balaban J connectivity index is 0. The van der Waals surface area contributed by atoms with E-state index in [-0.39, 0.29) is 58.0 Å². The van der Waals surface area contributed by atoms with Crippen molar-refractivity contribution in [3.63, 3.8) is 0 Å². The fraction of sp³-hybridized carbons (Fsp3) is 0.846. The second-order valence-corrected chi connectivity index (χ2v) is 3.63. The van der Waals surface area contributed by atoms with E-state index in [2.05, 4.69) is 11.3 Å². The van der Waals surface area contributed by atoms with Crippen LogP contribution >= 0.6 is 0 Å². The number of ether oxygens (including phenoxy) is 5. The van der Waals surface area contributed by atoms with Crippen LogP contribution in [0.5, 0.6) is 0 Å². The van der Waals surface area contributed by atoms with E-state index >= 15 is 0 Å². The summed E-state index contributed by atoms with van der Waals surface area (Å²) >= 11 is 0. The fourth-order valence-corrected chi connectivity index (χ4v) is 1.13. The minimum absolute atomic E-state index is 0. The first kappa shape index (κ1) is 24.2. The van der Waals surface area contributed by atoms with Gasteiger partial charge >= 0.3 is 51.4 Å². The zero-order valence-electron chi connectivity index (χ0n) is 12.9. The van der Waals surface area contributed by atoms with Crippen molar-refractivity contribution in [2.75, 3.05) is 72.6 Å². The van der Waals surface area contributed by atoms with Crippen molar-refractivity contribution in [3.8, 4) is 5.92 Å². The Morgan fingerprint density at radius 1 is 0.714 bits per heavy atom. The van der Waals surface area contributed by atoms with Gasteiger partial charge in [-0.05, 0) is 0 Å². The van der Waals surface area contributed by atoms with E-state index in [1.807, 2.05) is 0 Å². The van der Waals surface area contributed by atoms with E-state index in [0.717, 1.165) is 0 Å². The van der Waals surface area contributed by atoms with Gasteiger partial charge in [0.1, 0.15) is 0 Å². The van der Waals surface area contributed by atoms with Gasteiger partial charge in [0.2, 0.25) is 0 Å². The zero-order chi connectivity index (χ0) is 14.7. The molecule has 0 aliphatic rings. The van der Waals surface area contributed by atoms with Crippen LogP contribution in [0.25, 0.3) is 0 Å². The first-order chi connectivity index (χ1) is 9.91. The molecule has 0 saturated carbocycles. The van der Waals surface area contributed by atoms with Crippen molar-refractivity contribution in [3.05, 3.63) is 6.42 Å². The largest absolute Gasteiger partial charge is 1.00 e. The summed E-state index contributed by atoms with van der Waals surface area (Å²) in [6.07, 6.45) is 6.62.